The van der Waals surface area contributed by atoms with Crippen LogP contribution in [0.4, 0.5) is 5.00 Å². The lowest BCUT2D eigenvalue weighted by Gasteiger charge is -2.24. The molecule has 0 amide bonds. The number of anilines is 1. The minimum Gasteiger partial charge on any atom is -0.351 e. The number of nitrogens with zero attached hydrogens (tertiary/aromatic N) is 2. The molecule has 0 aliphatic carbocycles. The van der Waals surface area contributed by atoms with Gasteiger partial charge in [0.05, 0.1) is 11.9 Å². The first-order chi connectivity index (χ1) is 12.9. The summed E-state index contributed by atoms with van der Waals surface area (Å²) in [5, 5.41) is 9.81. The van der Waals surface area contributed by atoms with Crippen molar-refractivity contribution in [2.45, 2.75) is 46.2 Å². The highest BCUT2D eigenvalue weighted by molar-refractivity contribution is 7.16. The zero-order chi connectivity index (χ0) is 20.0. The number of nitrogens with one attached hydrogen (secondary N) is 1. The normalized spacial score (nSPS) is 13.1. The summed E-state index contributed by atoms with van der Waals surface area (Å²) >= 11 is 1.77. The van der Waals surface area contributed by atoms with Crippen molar-refractivity contribution in [3.8, 4) is 0 Å². The van der Waals surface area contributed by atoms with Crippen LogP contribution in [0.3, 0.4) is 0 Å². The number of aliphatic imine (C=N–C) groups is 1. The second kappa shape index (κ2) is 9.99. The van der Waals surface area contributed by atoms with Crippen molar-refractivity contribution in [1.82, 2.24) is 5.48 Å². The number of thiophene rings is 1. The molecular formula is C21H32N4OS. The van der Waals surface area contributed by atoms with Crippen LogP contribution in [0.2, 0.25) is 0 Å². The number of aryl methyl sites for hydroxylation is 2. The number of nitrogens with two attached hydrogens (primary N) is 1. The highest BCUT2D eigenvalue weighted by Crippen LogP contribution is 2.37. The van der Waals surface area contributed by atoms with Gasteiger partial charge < -0.3 is 15.8 Å². The van der Waals surface area contributed by atoms with Crippen LogP contribution in [0.15, 0.2) is 29.3 Å². The molecule has 2 aromatic rings. The molecule has 5 nitrogen and oxygen atoms in total. The minimum atomic E-state index is -0.0601. The van der Waals surface area contributed by atoms with Gasteiger partial charge >= 0.3 is 0 Å². The van der Waals surface area contributed by atoms with E-state index in [1.54, 1.807) is 11.3 Å². The third kappa shape index (κ3) is 5.17. The number of hydrogen-bond donors (Lipinski definition) is 3. The van der Waals surface area contributed by atoms with Gasteiger partial charge in [-0.15, -0.1) is 11.3 Å². The SMILES string of the molecule is CN=C(c1ccc(CCCCNO)cc1)c1c(N(C)C(C)N)sc(C)c1C. The van der Waals surface area contributed by atoms with Crippen molar-refractivity contribution in [3.05, 3.63) is 51.4 Å². The van der Waals surface area contributed by atoms with Crippen molar-refractivity contribution in [2.24, 2.45) is 10.7 Å². The molecule has 1 heterocycles. The quantitative estimate of drug-likeness (QED) is 0.264. The van der Waals surface area contributed by atoms with Gasteiger partial charge in [-0.05, 0) is 51.2 Å². The Morgan fingerprint density at radius 3 is 2.48 bits per heavy atom. The predicted octanol–water partition coefficient (Wildman–Crippen LogP) is 3.87. The summed E-state index contributed by atoms with van der Waals surface area (Å²) in [4.78, 5) is 8.06. The molecular weight excluding hydrogens is 356 g/mol. The van der Waals surface area contributed by atoms with Crippen LogP contribution >= 0.6 is 11.3 Å². The molecule has 1 aromatic carbocycles. The largest absolute Gasteiger partial charge is 0.351 e. The summed E-state index contributed by atoms with van der Waals surface area (Å²) in [6, 6.07) is 8.67. The van der Waals surface area contributed by atoms with E-state index in [0.29, 0.717) is 6.54 Å². The highest BCUT2D eigenvalue weighted by Gasteiger charge is 2.22. The van der Waals surface area contributed by atoms with Gasteiger partial charge in [0, 0.05) is 36.6 Å². The lowest BCUT2D eigenvalue weighted by molar-refractivity contribution is 0.165. The third-order valence-electron chi connectivity index (χ3n) is 4.99. The summed E-state index contributed by atoms with van der Waals surface area (Å²) in [6.07, 6.45) is 2.96. The molecule has 0 spiro atoms. The van der Waals surface area contributed by atoms with Gasteiger partial charge in [-0.1, -0.05) is 24.3 Å². The Morgan fingerprint density at radius 2 is 1.93 bits per heavy atom. The molecule has 1 aromatic heterocycles. The van der Waals surface area contributed by atoms with E-state index in [0.717, 1.165) is 30.5 Å². The number of benzene rings is 1. The molecule has 0 bridgehead atoms. The Bertz CT molecular complexity index is 765. The van der Waals surface area contributed by atoms with Crippen LogP contribution in [0.25, 0.3) is 0 Å². The van der Waals surface area contributed by atoms with Gasteiger partial charge in [-0.25, -0.2) is 5.48 Å². The molecule has 0 fully saturated rings. The molecule has 0 aliphatic rings. The lowest BCUT2D eigenvalue weighted by Crippen LogP contribution is -2.36. The topological polar surface area (TPSA) is 73.9 Å². The second-order valence-corrected chi connectivity index (χ2v) is 8.15. The fraction of sp³-hybridized carbons (Fsp3) is 0.476. The monoisotopic (exact) mass is 388 g/mol. The summed E-state index contributed by atoms with van der Waals surface area (Å²) in [5.41, 5.74) is 14.2. The molecule has 6 heteroatoms. The van der Waals surface area contributed by atoms with Crippen LogP contribution in [0, 0.1) is 13.8 Å². The molecule has 0 saturated heterocycles. The van der Waals surface area contributed by atoms with Crippen molar-refractivity contribution < 1.29 is 5.21 Å². The Hall–Kier alpha value is -1.73. The summed E-state index contributed by atoms with van der Waals surface area (Å²) in [5.74, 6) is 0. The molecule has 148 valence electrons. The van der Waals surface area contributed by atoms with E-state index in [2.05, 4.69) is 53.5 Å². The number of unbranched alkanes of at least 4 members (excludes halogenated alkanes) is 1. The van der Waals surface area contributed by atoms with E-state index in [-0.39, 0.29) is 6.17 Å². The van der Waals surface area contributed by atoms with Crippen molar-refractivity contribution >= 4 is 22.0 Å². The molecule has 27 heavy (non-hydrogen) atoms. The minimum absolute atomic E-state index is 0.0601. The molecule has 0 saturated carbocycles. The molecule has 1 unspecified atom stereocenters. The Morgan fingerprint density at radius 1 is 1.26 bits per heavy atom. The van der Waals surface area contributed by atoms with Crippen molar-refractivity contribution in [3.63, 3.8) is 0 Å². The second-order valence-electron chi connectivity index (χ2n) is 6.95. The van der Waals surface area contributed by atoms with Gasteiger partial charge in [0.25, 0.3) is 0 Å². The Kier molecular flexibility index (Phi) is 7.98. The first kappa shape index (κ1) is 21.6. The van der Waals surface area contributed by atoms with E-state index in [1.807, 2.05) is 21.0 Å². The maximum absolute atomic E-state index is 8.64. The average molecular weight is 389 g/mol. The number of rotatable bonds is 9. The molecule has 0 aliphatic heterocycles. The standard InChI is InChI=1S/C21H32N4OS/c1-14-15(2)27-21(25(5)16(3)22)19(14)20(23-4)18-11-9-17(10-12-18)8-6-7-13-24-26/h9-12,16,24,26H,6-8,13,22H2,1-5H3. The third-order valence-corrected chi connectivity index (χ3v) is 6.29. The van der Waals surface area contributed by atoms with E-state index >= 15 is 0 Å². The first-order valence-electron chi connectivity index (χ1n) is 9.42. The van der Waals surface area contributed by atoms with Gasteiger partial charge in [0.15, 0.2) is 0 Å². The van der Waals surface area contributed by atoms with Crippen molar-refractivity contribution in [2.75, 3.05) is 25.5 Å². The van der Waals surface area contributed by atoms with E-state index in [1.165, 1.54) is 26.6 Å². The zero-order valence-corrected chi connectivity index (χ0v) is 17.9. The smallest absolute Gasteiger partial charge is 0.102 e. The van der Waals surface area contributed by atoms with E-state index < -0.39 is 0 Å². The van der Waals surface area contributed by atoms with Gasteiger partial charge in [0.1, 0.15) is 5.00 Å². The average Bonchev–Trinajstić information content (AvgIpc) is 2.95. The Balaban J connectivity index is 2.30. The number of hydrogen-bond acceptors (Lipinski definition) is 6. The van der Waals surface area contributed by atoms with Gasteiger partial charge in [-0.2, -0.15) is 0 Å². The first-order valence-corrected chi connectivity index (χ1v) is 10.2. The lowest BCUT2D eigenvalue weighted by atomic mass is 9.97. The van der Waals surface area contributed by atoms with Gasteiger partial charge in [0.2, 0.25) is 0 Å². The van der Waals surface area contributed by atoms with Crippen molar-refractivity contribution in [1.29, 1.82) is 0 Å². The zero-order valence-electron chi connectivity index (χ0n) is 17.0. The summed E-state index contributed by atoms with van der Waals surface area (Å²) in [6.45, 7) is 6.95. The molecule has 1 atom stereocenters. The van der Waals surface area contributed by atoms with E-state index in [4.69, 9.17) is 10.9 Å². The van der Waals surface area contributed by atoms with E-state index in [9.17, 15) is 0 Å². The predicted molar refractivity (Wildman–Crippen MR) is 117 cm³/mol. The van der Waals surface area contributed by atoms with Crippen LogP contribution in [0.1, 0.15) is 46.9 Å². The fourth-order valence-corrected chi connectivity index (χ4v) is 4.28. The van der Waals surface area contributed by atoms with Crippen LogP contribution in [-0.4, -0.2) is 37.7 Å². The van der Waals surface area contributed by atoms with Crippen LogP contribution < -0.4 is 16.1 Å². The van der Waals surface area contributed by atoms with Crippen LogP contribution in [0.5, 0.6) is 0 Å². The molecule has 4 N–H and O–H groups in total. The van der Waals surface area contributed by atoms with Gasteiger partial charge in [-0.3, -0.25) is 4.99 Å². The number of hydroxylamine groups is 1. The highest BCUT2D eigenvalue weighted by atomic mass is 32.1. The maximum atomic E-state index is 8.64. The maximum Gasteiger partial charge on any atom is 0.102 e. The fourth-order valence-electron chi connectivity index (χ4n) is 3.07. The molecule has 2 rings (SSSR count). The Labute approximate surface area is 166 Å². The summed E-state index contributed by atoms with van der Waals surface area (Å²) < 4.78 is 0. The van der Waals surface area contributed by atoms with Crippen LogP contribution in [-0.2, 0) is 6.42 Å². The molecule has 0 radical (unpaired) electrons. The summed E-state index contributed by atoms with van der Waals surface area (Å²) in [7, 11) is 3.89.